The van der Waals surface area contributed by atoms with E-state index < -0.39 is 5.97 Å². The average Bonchev–Trinajstić information content (AvgIpc) is 2.32. The quantitative estimate of drug-likeness (QED) is 0.767. The second-order valence-electron chi connectivity index (χ2n) is 4.25. The van der Waals surface area contributed by atoms with E-state index in [1.54, 1.807) is 13.1 Å². The van der Waals surface area contributed by atoms with Crippen LogP contribution in [-0.4, -0.2) is 22.1 Å². The first-order chi connectivity index (χ1) is 8.58. The van der Waals surface area contributed by atoms with Crippen LogP contribution in [0.25, 0.3) is 10.8 Å². The number of nitrogens with two attached hydrogens (primary N) is 1. The maximum absolute atomic E-state index is 10.6. The van der Waals surface area contributed by atoms with Gasteiger partial charge in [-0.25, -0.2) is 4.98 Å². The van der Waals surface area contributed by atoms with Crippen LogP contribution >= 0.6 is 0 Å². The van der Waals surface area contributed by atoms with Crippen LogP contribution < -0.4 is 11.1 Å². The van der Waals surface area contributed by atoms with Gasteiger partial charge in [-0.15, -0.1) is 0 Å². The minimum atomic E-state index is -0.838. The summed E-state index contributed by atoms with van der Waals surface area (Å²) in [5.41, 5.74) is 6.47. The Morgan fingerprint density at radius 1 is 1.44 bits per heavy atom. The molecule has 0 aliphatic heterocycles. The fraction of sp³-hybridized carbons (Fsp3) is 0.231. The largest absolute Gasteiger partial charge is 0.481 e. The zero-order valence-electron chi connectivity index (χ0n) is 10.1. The van der Waals surface area contributed by atoms with Crippen molar-refractivity contribution in [3.05, 3.63) is 30.5 Å². The number of aromatic nitrogens is 1. The zero-order chi connectivity index (χ0) is 13.1. The number of anilines is 2. The second-order valence-corrected chi connectivity index (χ2v) is 4.25. The predicted octanol–water partition coefficient (Wildman–Crippen LogP) is 2.09. The minimum absolute atomic E-state index is 0.0420. The summed E-state index contributed by atoms with van der Waals surface area (Å²) in [5.74, 6) is -0.177. The monoisotopic (exact) mass is 245 g/mol. The molecule has 18 heavy (non-hydrogen) atoms. The molecule has 0 radical (unpaired) electrons. The SMILES string of the molecule is CC(CC(=O)O)Nc1ncc(N)c2ccccc12. The predicted molar refractivity (Wildman–Crippen MR) is 71.5 cm³/mol. The molecule has 1 aromatic heterocycles. The molecule has 2 aromatic rings. The Morgan fingerprint density at radius 2 is 2.11 bits per heavy atom. The van der Waals surface area contributed by atoms with Crippen molar-refractivity contribution in [2.24, 2.45) is 0 Å². The second kappa shape index (κ2) is 4.91. The number of fused-ring (bicyclic) bond motifs is 1. The smallest absolute Gasteiger partial charge is 0.305 e. The van der Waals surface area contributed by atoms with Gasteiger partial charge in [0.1, 0.15) is 5.82 Å². The number of aliphatic carboxylic acids is 1. The Morgan fingerprint density at radius 3 is 2.78 bits per heavy atom. The summed E-state index contributed by atoms with van der Waals surface area (Å²) in [6.07, 6.45) is 1.62. The Hall–Kier alpha value is -2.30. The van der Waals surface area contributed by atoms with Crippen LogP contribution in [0, 0.1) is 0 Å². The molecule has 0 aliphatic carbocycles. The van der Waals surface area contributed by atoms with Crippen molar-refractivity contribution in [1.82, 2.24) is 4.98 Å². The fourth-order valence-corrected chi connectivity index (χ4v) is 1.88. The highest BCUT2D eigenvalue weighted by Crippen LogP contribution is 2.26. The lowest BCUT2D eigenvalue weighted by atomic mass is 10.1. The molecule has 0 spiro atoms. The Bertz CT molecular complexity index is 583. The molecule has 0 amide bonds. The molecule has 1 unspecified atom stereocenters. The summed E-state index contributed by atoms with van der Waals surface area (Å²) in [6.45, 7) is 1.81. The number of benzene rings is 1. The Labute approximate surface area is 105 Å². The number of hydrogen-bond acceptors (Lipinski definition) is 4. The van der Waals surface area contributed by atoms with Crippen molar-refractivity contribution in [1.29, 1.82) is 0 Å². The van der Waals surface area contributed by atoms with Crippen molar-refractivity contribution < 1.29 is 9.90 Å². The highest BCUT2D eigenvalue weighted by molar-refractivity contribution is 5.99. The van der Waals surface area contributed by atoms with E-state index in [4.69, 9.17) is 10.8 Å². The number of nitrogens with one attached hydrogen (secondary N) is 1. The summed E-state index contributed by atoms with van der Waals surface area (Å²) < 4.78 is 0. The summed E-state index contributed by atoms with van der Waals surface area (Å²) >= 11 is 0. The molecule has 1 atom stereocenters. The van der Waals surface area contributed by atoms with Gasteiger partial charge in [-0.3, -0.25) is 4.79 Å². The van der Waals surface area contributed by atoms with E-state index in [0.29, 0.717) is 11.5 Å². The lowest BCUT2D eigenvalue weighted by Gasteiger charge is -2.14. The van der Waals surface area contributed by atoms with Crippen molar-refractivity contribution >= 4 is 28.2 Å². The number of carboxylic acids is 1. The highest BCUT2D eigenvalue weighted by Gasteiger charge is 2.10. The summed E-state index contributed by atoms with van der Waals surface area (Å²) in [7, 11) is 0. The van der Waals surface area contributed by atoms with Crippen LogP contribution in [0.15, 0.2) is 30.5 Å². The molecular weight excluding hydrogens is 230 g/mol. The molecule has 1 aromatic carbocycles. The van der Waals surface area contributed by atoms with Crippen molar-refractivity contribution in [3.63, 3.8) is 0 Å². The van der Waals surface area contributed by atoms with Crippen molar-refractivity contribution in [2.45, 2.75) is 19.4 Å². The third-order valence-electron chi connectivity index (χ3n) is 2.69. The minimum Gasteiger partial charge on any atom is -0.481 e. The topological polar surface area (TPSA) is 88.2 Å². The number of carbonyl (C=O) groups is 1. The van der Waals surface area contributed by atoms with Crippen LogP contribution in [0.3, 0.4) is 0 Å². The molecule has 4 N–H and O–H groups in total. The molecular formula is C13H15N3O2. The Kier molecular flexibility index (Phi) is 3.32. The van der Waals surface area contributed by atoms with Crippen LogP contribution in [0.1, 0.15) is 13.3 Å². The van der Waals surface area contributed by atoms with Crippen molar-refractivity contribution in [3.8, 4) is 0 Å². The first kappa shape index (κ1) is 12.2. The van der Waals surface area contributed by atoms with E-state index in [-0.39, 0.29) is 12.5 Å². The summed E-state index contributed by atoms with van der Waals surface area (Å²) in [6, 6.07) is 7.44. The normalized spacial score (nSPS) is 12.3. The first-order valence-electron chi connectivity index (χ1n) is 5.69. The van der Waals surface area contributed by atoms with Gasteiger partial charge in [0.15, 0.2) is 0 Å². The van der Waals surface area contributed by atoms with Gasteiger partial charge in [0, 0.05) is 16.8 Å². The van der Waals surface area contributed by atoms with Crippen LogP contribution in [0.5, 0.6) is 0 Å². The third kappa shape index (κ3) is 2.51. The van der Waals surface area contributed by atoms with E-state index in [9.17, 15) is 4.79 Å². The average molecular weight is 245 g/mol. The maximum Gasteiger partial charge on any atom is 0.305 e. The molecule has 5 heteroatoms. The van der Waals surface area contributed by atoms with E-state index in [0.717, 1.165) is 10.8 Å². The molecule has 0 saturated carbocycles. The summed E-state index contributed by atoms with van der Waals surface area (Å²) in [5, 5.41) is 13.6. The van der Waals surface area contributed by atoms with Gasteiger partial charge >= 0.3 is 5.97 Å². The van der Waals surface area contributed by atoms with Crippen LogP contribution in [0.4, 0.5) is 11.5 Å². The highest BCUT2D eigenvalue weighted by atomic mass is 16.4. The molecule has 0 saturated heterocycles. The van der Waals surface area contributed by atoms with Crippen LogP contribution in [-0.2, 0) is 4.79 Å². The number of rotatable bonds is 4. The number of hydrogen-bond donors (Lipinski definition) is 3. The molecule has 0 bridgehead atoms. The molecule has 94 valence electrons. The first-order valence-corrected chi connectivity index (χ1v) is 5.69. The molecule has 5 nitrogen and oxygen atoms in total. The third-order valence-corrected chi connectivity index (χ3v) is 2.69. The number of pyridine rings is 1. The van der Waals surface area contributed by atoms with Gasteiger partial charge in [0.05, 0.1) is 18.3 Å². The molecule has 2 rings (SSSR count). The lowest BCUT2D eigenvalue weighted by Crippen LogP contribution is -2.20. The van der Waals surface area contributed by atoms with E-state index in [1.165, 1.54) is 0 Å². The lowest BCUT2D eigenvalue weighted by molar-refractivity contribution is -0.137. The number of carboxylic acid groups (broad SMARTS) is 1. The van der Waals surface area contributed by atoms with Gasteiger partial charge in [0.2, 0.25) is 0 Å². The van der Waals surface area contributed by atoms with E-state index in [1.807, 2.05) is 24.3 Å². The van der Waals surface area contributed by atoms with Crippen molar-refractivity contribution in [2.75, 3.05) is 11.1 Å². The maximum atomic E-state index is 10.6. The van der Waals surface area contributed by atoms with Gasteiger partial charge in [-0.05, 0) is 6.92 Å². The number of nitrogen functional groups attached to an aromatic ring is 1. The fourth-order valence-electron chi connectivity index (χ4n) is 1.88. The molecule has 0 fully saturated rings. The molecule has 1 heterocycles. The van der Waals surface area contributed by atoms with E-state index >= 15 is 0 Å². The standard InChI is InChI=1S/C13H15N3O2/c1-8(6-12(17)18)16-13-10-5-3-2-4-9(10)11(14)7-15-13/h2-5,7-8H,6,14H2,1H3,(H,15,16)(H,17,18). The van der Waals surface area contributed by atoms with Gasteiger partial charge < -0.3 is 16.2 Å². The molecule has 0 aliphatic rings. The van der Waals surface area contributed by atoms with Crippen LogP contribution in [0.2, 0.25) is 0 Å². The van der Waals surface area contributed by atoms with Gasteiger partial charge in [-0.2, -0.15) is 0 Å². The zero-order valence-corrected chi connectivity index (χ0v) is 10.1. The Balaban J connectivity index is 2.34. The van der Waals surface area contributed by atoms with Gasteiger partial charge in [0.25, 0.3) is 0 Å². The summed E-state index contributed by atoms with van der Waals surface area (Å²) in [4.78, 5) is 14.9. The van der Waals surface area contributed by atoms with Gasteiger partial charge in [-0.1, -0.05) is 24.3 Å². The number of nitrogens with zero attached hydrogens (tertiary/aromatic N) is 1. The van der Waals surface area contributed by atoms with E-state index in [2.05, 4.69) is 10.3 Å².